The largest absolute Gasteiger partial charge is 0.744 e. The summed E-state index contributed by atoms with van der Waals surface area (Å²) in [6.45, 7) is 1.03. The molecule has 2 bridgehead atoms. The number of nitrogens with one attached hydrogen (secondary N) is 1. The van der Waals surface area contributed by atoms with Crippen molar-refractivity contribution in [3.63, 3.8) is 0 Å². The molecule has 3 aliphatic heterocycles. The molecule has 0 saturated carbocycles. The Kier molecular flexibility index (Phi) is 5.28. The fourth-order valence-corrected chi connectivity index (χ4v) is 9.49. The van der Waals surface area contributed by atoms with Crippen LogP contribution in [0.15, 0.2) is 4.90 Å². The predicted octanol–water partition coefficient (Wildman–Crippen LogP) is -0.232. The highest BCUT2D eigenvalue weighted by Gasteiger charge is 2.71. The fourth-order valence-electron chi connectivity index (χ4n) is 4.14. The topological polar surface area (TPSA) is 156 Å². The minimum atomic E-state index is -5.98. The number of carbonyl (C=O) groups is 2. The summed E-state index contributed by atoms with van der Waals surface area (Å²) in [4.78, 5) is 21.6. The Balaban J connectivity index is 1.73. The zero-order valence-electron chi connectivity index (χ0n) is 15.4. The summed E-state index contributed by atoms with van der Waals surface area (Å²) in [5, 5.41) is -3.27. The van der Waals surface area contributed by atoms with E-state index in [1.807, 2.05) is 0 Å². The van der Waals surface area contributed by atoms with Crippen molar-refractivity contribution < 1.29 is 58.0 Å². The van der Waals surface area contributed by atoms with Crippen LogP contribution in [-0.2, 0) is 34.5 Å². The minimum Gasteiger partial charge on any atom is -0.744 e. The van der Waals surface area contributed by atoms with E-state index in [9.17, 15) is 48.5 Å². The smallest absolute Gasteiger partial charge is 0.317 e. The molecule has 6 unspecified atom stereocenters. The molecule has 176 valence electrons. The highest BCUT2D eigenvalue weighted by molar-refractivity contribution is 8.03. The third kappa shape index (κ3) is 3.28. The molecule has 17 heteroatoms. The summed E-state index contributed by atoms with van der Waals surface area (Å²) in [5.41, 5.74) is 0. The first-order chi connectivity index (χ1) is 14.7. The van der Waals surface area contributed by atoms with Crippen molar-refractivity contribution in [2.45, 2.75) is 39.7 Å². The normalized spacial score (nSPS) is 32.2. The molecule has 0 amide bonds. The third-order valence-corrected chi connectivity index (χ3v) is 9.96. The van der Waals surface area contributed by atoms with Crippen molar-refractivity contribution in [1.29, 1.82) is 0 Å². The number of benzene rings is 1. The summed E-state index contributed by atoms with van der Waals surface area (Å²) in [7, 11) is -10.1. The lowest BCUT2D eigenvalue weighted by atomic mass is 9.84. The second-order valence-electron chi connectivity index (χ2n) is 7.11. The van der Waals surface area contributed by atoms with Gasteiger partial charge in [-0.05, 0) is 0 Å². The lowest BCUT2D eigenvalue weighted by Crippen LogP contribution is -2.51. The molecular formula is C15H10F4NO9S3-. The van der Waals surface area contributed by atoms with E-state index < -0.39 is 99.8 Å². The summed E-state index contributed by atoms with van der Waals surface area (Å²) in [6.07, 6.45) is -1.13. The SMILES string of the molecule is CC(=O)OC1C2NS(=O)(=O)C3C2SC1C3C(=O)Oc1c(F)c(F)c(S(=O)(=O)[O-])c(F)c1F. The van der Waals surface area contributed by atoms with Crippen molar-refractivity contribution in [3.05, 3.63) is 23.3 Å². The van der Waals surface area contributed by atoms with Gasteiger partial charge in [0, 0.05) is 12.2 Å². The number of ether oxygens (including phenoxy) is 2. The Morgan fingerprint density at radius 1 is 1.06 bits per heavy atom. The molecule has 3 fully saturated rings. The zero-order chi connectivity index (χ0) is 23.9. The van der Waals surface area contributed by atoms with Crippen LogP contribution in [0.5, 0.6) is 5.75 Å². The first kappa shape index (κ1) is 23.2. The Hall–Kier alpha value is -1.95. The van der Waals surface area contributed by atoms with Gasteiger partial charge in [0.1, 0.15) is 26.4 Å². The molecule has 3 heterocycles. The van der Waals surface area contributed by atoms with Gasteiger partial charge in [0.05, 0.1) is 17.2 Å². The lowest BCUT2D eigenvalue weighted by Gasteiger charge is -2.29. The molecule has 0 radical (unpaired) electrons. The number of rotatable bonds is 4. The Morgan fingerprint density at radius 3 is 2.12 bits per heavy atom. The molecule has 4 rings (SSSR count). The van der Waals surface area contributed by atoms with Crippen LogP contribution in [0.2, 0.25) is 0 Å². The minimum absolute atomic E-state index is 0.789. The van der Waals surface area contributed by atoms with E-state index >= 15 is 0 Å². The molecule has 6 atom stereocenters. The van der Waals surface area contributed by atoms with E-state index in [0.717, 1.165) is 18.7 Å². The maximum absolute atomic E-state index is 14.2. The molecule has 1 N–H and O–H groups in total. The lowest BCUT2D eigenvalue weighted by molar-refractivity contribution is -0.151. The number of thioether (sulfide) groups is 1. The summed E-state index contributed by atoms with van der Waals surface area (Å²) in [5.74, 6) is -16.3. The van der Waals surface area contributed by atoms with Gasteiger partial charge in [-0.3, -0.25) is 9.59 Å². The Labute approximate surface area is 181 Å². The van der Waals surface area contributed by atoms with Gasteiger partial charge in [-0.15, -0.1) is 11.8 Å². The van der Waals surface area contributed by atoms with Crippen LogP contribution in [-0.4, -0.2) is 61.2 Å². The molecule has 10 nitrogen and oxygen atoms in total. The number of hydrogen-bond acceptors (Lipinski definition) is 10. The number of carbonyl (C=O) groups excluding carboxylic acids is 2. The predicted molar refractivity (Wildman–Crippen MR) is 93.7 cm³/mol. The van der Waals surface area contributed by atoms with Crippen molar-refractivity contribution >= 4 is 43.8 Å². The molecular weight excluding hydrogens is 510 g/mol. The van der Waals surface area contributed by atoms with Gasteiger partial charge in [-0.1, -0.05) is 0 Å². The summed E-state index contributed by atoms with van der Waals surface area (Å²) < 4.78 is 126. The van der Waals surface area contributed by atoms with Crippen LogP contribution < -0.4 is 9.46 Å². The highest BCUT2D eigenvalue weighted by Crippen LogP contribution is 2.56. The van der Waals surface area contributed by atoms with Gasteiger partial charge >= 0.3 is 11.9 Å². The van der Waals surface area contributed by atoms with Gasteiger partial charge in [0.15, 0.2) is 11.6 Å². The van der Waals surface area contributed by atoms with Crippen molar-refractivity contribution in [2.75, 3.05) is 0 Å². The number of sulfonamides is 1. The highest BCUT2D eigenvalue weighted by atomic mass is 32.2. The molecule has 3 saturated heterocycles. The summed E-state index contributed by atoms with van der Waals surface area (Å²) in [6, 6.07) is -0.863. The molecule has 3 aliphatic rings. The van der Waals surface area contributed by atoms with E-state index in [0.29, 0.717) is 0 Å². The average Bonchev–Trinajstić information content (AvgIpc) is 3.24. The molecule has 0 aromatic heterocycles. The monoisotopic (exact) mass is 520 g/mol. The fraction of sp³-hybridized carbons (Fsp3) is 0.467. The van der Waals surface area contributed by atoms with Crippen LogP contribution >= 0.6 is 11.8 Å². The third-order valence-electron chi connectivity index (χ3n) is 5.25. The first-order valence-corrected chi connectivity index (χ1v) is 12.4. The van der Waals surface area contributed by atoms with E-state index in [2.05, 4.69) is 9.46 Å². The van der Waals surface area contributed by atoms with Crippen molar-refractivity contribution in [1.82, 2.24) is 4.72 Å². The van der Waals surface area contributed by atoms with Crippen LogP contribution in [0.25, 0.3) is 0 Å². The zero-order valence-corrected chi connectivity index (χ0v) is 17.8. The van der Waals surface area contributed by atoms with E-state index in [4.69, 9.17) is 4.74 Å². The Morgan fingerprint density at radius 2 is 1.62 bits per heavy atom. The van der Waals surface area contributed by atoms with Crippen molar-refractivity contribution in [3.8, 4) is 5.75 Å². The molecule has 0 aliphatic carbocycles. The van der Waals surface area contributed by atoms with Crippen LogP contribution in [0.3, 0.4) is 0 Å². The van der Waals surface area contributed by atoms with Gasteiger partial charge in [0.2, 0.25) is 27.4 Å². The van der Waals surface area contributed by atoms with Gasteiger partial charge in [0.25, 0.3) is 0 Å². The van der Waals surface area contributed by atoms with Gasteiger partial charge in [-0.25, -0.2) is 30.3 Å². The molecule has 0 spiro atoms. The van der Waals surface area contributed by atoms with Crippen LogP contribution in [0.1, 0.15) is 6.92 Å². The van der Waals surface area contributed by atoms with Crippen molar-refractivity contribution in [2.24, 2.45) is 5.92 Å². The molecule has 1 aromatic carbocycles. The van der Waals surface area contributed by atoms with E-state index in [1.54, 1.807) is 0 Å². The second kappa shape index (κ2) is 7.28. The maximum Gasteiger partial charge on any atom is 0.317 e. The first-order valence-electron chi connectivity index (χ1n) is 8.54. The van der Waals surface area contributed by atoms with Gasteiger partial charge in [-0.2, -0.15) is 8.78 Å². The van der Waals surface area contributed by atoms with Crippen LogP contribution in [0.4, 0.5) is 17.6 Å². The standard InChI is InChI=1S/C15H11F4NO9S3/c1-2(21)28-10-8-12-13(31(23,24)20-8)3(11(10)30-12)15(22)29-9-4(16)6(18)14(32(25,26)27)7(19)5(9)17/h3,8,10-13,20H,1H3,(H,25,26,27)/p-1. The van der Waals surface area contributed by atoms with E-state index in [-0.39, 0.29) is 0 Å². The van der Waals surface area contributed by atoms with Gasteiger partial charge < -0.3 is 14.0 Å². The van der Waals surface area contributed by atoms with E-state index in [1.165, 1.54) is 0 Å². The number of hydrogen-bond donors (Lipinski definition) is 1. The molecule has 1 aromatic rings. The number of fused-ring (bicyclic) bond motifs is 1. The second-order valence-corrected chi connectivity index (χ2v) is 11.7. The maximum atomic E-state index is 14.2. The average molecular weight is 520 g/mol. The number of halogens is 4. The Bertz CT molecular complexity index is 1240. The number of esters is 2. The quantitative estimate of drug-likeness (QED) is 0.185. The summed E-state index contributed by atoms with van der Waals surface area (Å²) >= 11 is 0.954. The molecule has 32 heavy (non-hydrogen) atoms. The van der Waals surface area contributed by atoms with Crippen LogP contribution in [0, 0.1) is 29.2 Å².